The molecule has 0 bridgehead atoms. The number of fused-ring (bicyclic) bond motifs is 1. The average Bonchev–Trinajstić information content (AvgIpc) is 3.07. The lowest BCUT2D eigenvalue weighted by Crippen LogP contribution is -2.04. The Morgan fingerprint density at radius 3 is 1.86 bits per heavy atom. The van der Waals surface area contributed by atoms with Gasteiger partial charge in [0.25, 0.3) is 0 Å². The second-order valence-corrected chi connectivity index (χ2v) is 10.1. The molecule has 6 rings (SSSR count). The average molecular weight is 540 g/mol. The number of nitrogens with two attached hydrogens (primary N) is 1. The number of nitrogens with zero attached hydrogens (tertiary/aromatic N) is 2. The van der Waals surface area contributed by atoms with Gasteiger partial charge in [0.15, 0.2) is 0 Å². The van der Waals surface area contributed by atoms with Crippen LogP contribution in [0.25, 0.3) is 38.7 Å². The van der Waals surface area contributed by atoms with Crippen molar-refractivity contribution in [3.05, 3.63) is 174 Å². The third kappa shape index (κ3) is 5.75. The number of allylic oxidation sites excluding steroid dienone is 1. The number of benzene rings is 6. The van der Waals surface area contributed by atoms with Gasteiger partial charge in [0.05, 0.1) is 23.9 Å². The van der Waals surface area contributed by atoms with Gasteiger partial charge < -0.3 is 5.73 Å². The molecule has 0 aromatic heterocycles. The van der Waals surface area contributed by atoms with Crippen LogP contribution in [0.5, 0.6) is 0 Å². The molecule has 0 heterocycles. The number of hydrogen-bond acceptors (Lipinski definition) is 3. The predicted molar refractivity (Wildman–Crippen MR) is 175 cm³/mol. The minimum atomic E-state index is 0.526. The van der Waals surface area contributed by atoms with Gasteiger partial charge in [-0.3, -0.25) is 4.99 Å². The molecule has 2 N–H and O–H groups in total. The zero-order chi connectivity index (χ0) is 28.7. The zero-order valence-corrected chi connectivity index (χ0v) is 23.1. The summed E-state index contributed by atoms with van der Waals surface area (Å²) in [7, 11) is 0. The van der Waals surface area contributed by atoms with Crippen LogP contribution in [0.1, 0.15) is 22.3 Å². The van der Waals surface area contributed by atoms with Crippen LogP contribution < -0.4 is 5.73 Å². The molecule has 0 aliphatic rings. The van der Waals surface area contributed by atoms with E-state index in [1.165, 1.54) is 16.3 Å². The second kappa shape index (κ2) is 12.2. The molecule has 6 aromatic rings. The van der Waals surface area contributed by atoms with E-state index in [1.54, 1.807) is 0 Å². The lowest BCUT2D eigenvalue weighted by Gasteiger charge is -2.13. The van der Waals surface area contributed by atoms with E-state index in [4.69, 9.17) is 10.7 Å². The standard InChI is InChI=1S/C39H29N3/c40-26-28-18-20-30(21-19-28)34-22-23-35(37-17-8-7-16-36(34)37)33-15-9-10-29(24-33)27-42-39(32-13-5-2-6-14-32)25-38(41)31-11-3-1-4-12-31/h1-25H,27,41H2/b38-25-,42-39?. The van der Waals surface area contributed by atoms with Crippen LogP contribution in [0.2, 0.25) is 0 Å². The molecule has 0 saturated heterocycles. The van der Waals surface area contributed by atoms with Crippen molar-refractivity contribution in [1.82, 2.24) is 0 Å². The van der Waals surface area contributed by atoms with E-state index in [-0.39, 0.29) is 0 Å². The van der Waals surface area contributed by atoms with E-state index in [9.17, 15) is 5.26 Å². The fraction of sp³-hybridized carbons (Fsp3) is 0.0256. The van der Waals surface area contributed by atoms with Crippen LogP contribution >= 0.6 is 0 Å². The number of hydrogen-bond donors (Lipinski definition) is 1. The first-order valence-electron chi connectivity index (χ1n) is 13.9. The highest BCUT2D eigenvalue weighted by Crippen LogP contribution is 2.36. The topological polar surface area (TPSA) is 62.2 Å². The Hall–Kier alpha value is -5.72. The maximum Gasteiger partial charge on any atom is 0.0991 e. The molecule has 0 saturated carbocycles. The minimum Gasteiger partial charge on any atom is -0.398 e. The molecular weight excluding hydrogens is 510 g/mol. The number of rotatable bonds is 7. The maximum absolute atomic E-state index is 9.20. The lowest BCUT2D eigenvalue weighted by molar-refractivity contribution is 1.07. The van der Waals surface area contributed by atoms with E-state index >= 15 is 0 Å². The Bertz CT molecular complexity index is 1950. The van der Waals surface area contributed by atoms with Gasteiger partial charge in [0.1, 0.15) is 0 Å². The lowest BCUT2D eigenvalue weighted by atomic mass is 9.91. The van der Waals surface area contributed by atoms with Gasteiger partial charge in [-0.15, -0.1) is 0 Å². The Morgan fingerprint density at radius 1 is 0.619 bits per heavy atom. The van der Waals surface area contributed by atoms with Crippen LogP contribution in [-0.4, -0.2) is 5.71 Å². The summed E-state index contributed by atoms with van der Waals surface area (Å²) in [5.74, 6) is 0. The maximum atomic E-state index is 9.20. The highest BCUT2D eigenvalue weighted by Gasteiger charge is 2.10. The van der Waals surface area contributed by atoms with Crippen molar-refractivity contribution < 1.29 is 0 Å². The molecule has 3 nitrogen and oxygen atoms in total. The zero-order valence-electron chi connectivity index (χ0n) is 23.1. The molecule has 42 heavy (non-hydrogen) atoms. The molecule has 3 heteroatoms. The second-order valence-electron chi connectivity index (χ2n) is 10.1. The molecule has 6 aromatic carbocycles. The van der Waals surface area contributed by atoms with Gasteiger partial charge in [-0.05, 0) is 74.0 Å². The number of aliphatic imine (C=N–C) groups is 1. The fourth-order valence-corrected chi connectivity index (χ4v) is 5.23. The predicted octanol–water partition coefficient (Wildman–Crippen LogP) is 9.03. The van der Waals surface area contributed by atoms with Crippen molar-refractivity contribution in [1.29, 1.82) is 5.26 Å². The monoisotopic (exact) mass is 539 g/mol. The molecule has 0 radical (unpaired) electrons. The van der Waals surface area contributed by atoms with Crippen molar-refractivity contribution in [3.63, 3.8) is 0 Å². The Balaban J connectivity index is 1.35. The third-order valence-electron chi connectivity index (χ3n) is 7.39. The molecular formula is C39H29N3. The Morgan fingerprint density at radius 2 is 1.21 bits per heavy atom. The van der Waals surface area contributed by atoms with E-state index in [0.29, 0.717) is 17.8 Å². The summed E-state index contributed by atoms with van der Waals surface area (Å²) in [6.45, 7) is 0.526. The van der Waals surface area contributed by atoms with Gasteiger partial charge in [0.2, 0.25) is 0 Å². The van der Waals surface area contributed by atoms with Gasteiger partial charge in [-0.2, -0.15) is 5.26 Å². The summed E-state index contributed by atoms with van der Waals surface area (Å²) in [4.78, 5) is 5.03. The van der Waals surface area contributed by atoms with Crippen LogP contribution in [0, 0.1) is 11.3 Å². The van der Waals surface area contributed by atoms with Crippen molar-refractivity contribution in [2.75, 3.05) is 0 Å². The van der Waals surface area contributed by atoms with E-state index < -0.39 is 0 Å². The van der Waals surface area contributed by atoms with Crippen LogP contribution in [0.15, 0.2) is 157 Å². The molecule has 0 fully saturated rings. The SMILES string of the molecule is N#Cc1ccc(-c2ccc(-c3cccc(CN=C(/C=C(\N)c4ccccc4)c4ccccc4)c3)c3ccccc23)cc1. The van der Waals surface area contributed by atoms with Gasteiger partial charge in [-0.25, -0.2) is 0 Å². The molecule has 0 aliphatic heterocycles. The summed E-state index contributed by atoms with van der Waals surface area (Å²) < 4.78 is 0. The highest BCUT2D eigenvalue weighted by molar-refractivity contribution is 6.12. The quantitative estimate of drug-likeness (QED) is 0.206. The van der Waals surface area contributed by atoms with Crippen molar-refractivity contribution in [2.45, 2.75) is 6.54 Å². The van der Waals surface area contributed by atoms with Gasteiger partial charge >= 0.3 is 0 Å². The van der Waals surface area contributed by atoms with Crippen molar-refractivity contribution >= 4 is 22.2 Å². The largest absolute Gasteiger partial charge is 0.398 e. The molecule has 0 unspecified atom stereocenters. The molecule has 0 amide bonds. The minimum absolute atomic E-state index is 0.526. The van der Waals surface area contributed by atoms with Crippen LogP contribution in [0.3, 0.4) is 0 Å². The fourth-order valence-electron chi connectivity index (χ4n) is 5.23. The third-order valence-corrected chi connectivity index (χ3v) is 7.39. The Labute approximate surface area is 246 Å². The molecule has 0 atom stereocenters. The first-order chi connectivity index (χ1) is 20.7. The van der Waals surface area contributed by atoms with E-state index in [2.05, 4.69) is 78.9 Å². The van der Waals surface area contributed by atoms with Gasteiger partial charge in [-0.1, -0.05) is 127 Å². The molecule has 0 aliphatic carbocycles. The molecule has 200 valence electrons. The van der Waals surface area contributed by atoms with Crippen molar-refractivity contribution in [2.24, 2.45) is 10.7 Å². The summed E-state index contributed by atoms with van der Waals surface area (Å²) >= 11 is 0. The Kier molecular flexibility index (Phi) is 7.70. The number of nitriles is 1. The molecule has 0 spiro atoms. The summed E-state index contributed by atoms with van der Waals surface area (Å²) in [6, 6.07) is 51.6. The van der Waals surface area contributed by atoms with E-state index in [1.807, 2.05) is 78.9 Å². The van der Waals surface area contributed by atoms with Gasteiger partial charge in [0, 0.05) is 5.70 Å². The summed E-state index contributed by atoms with van der Waals surface area (Å²) in [6.07, 6.45) is 1.96. The highest BCUT2D eigenvalue weighted by atomic mass is 14.7. The van der Waals surface area contributed by atoms with E-state index in [0.717, 1.165) is 39.1 Å². The first-order valence-corrected chi connectivity index (χ1v) is 13.9. The van der Waals surface area contributed by atoms with Crippen LogP contribution in [0.4, 0.5) is 0 Å². The summed E-state index contributed by atoms with van der Waals surface area (Å²) in [5, 5.41) is 11.6. The first kappa shape index (κ1) is 26.5. The smallest absolute Gasteiger partial charge is 0.0991 e. The summed E-state index contributed by atoms with van der Waals surface area (Å²) in [5.41, 5.74) is 16.4. The van der Waals surface area contributed by atoms with Crippen LogP contribution in [-0.2, 0) is 6.54 Å². The van der Waals surface area contributed by atoms with Crippen molar-refractivity contribution in [3.8, 4) is 28.3 Å². The normalized spacial score (nSPS) is 11.8.